The number of aryl methyl sites for hydroxylation is 1. The van der Waals surface area contributed by atoms with Crippen LogP contribution in [0.15, 0.2) is 42.5 Å². The topological polar surface area (TPSA) is 0 Å². The molecule has 4 atom stereocenters. The van der Waals surface area contributed by atoms with E-state index in [-0.39, 0.29) is 5.82 Å². The number of benzene rings is 2. The maximum atomic E-state index is 14.7. The first-order valence-corrected chi connectivity index (χ1v) is 14.0. The molecular formula is C32H45F. The molecule has 0 aliphatic heterocycles. The predicted octanol–water partition coefficient (Wildman–Crippen LogP) is 10.1. The van der Waals surface area contributed by atoms with Gasteiger partial charge in [-0.25, -0.2) is 4.39 Å². The molecule has 2 aliphatic carbocycles. The third-order valence-corrected chi connectivity index (χ3v) is 8.75. The summed E-state index contributed by atoms with van der Waals surface area (Å²) in [6.07, 6.45) is 22.9. The van der Waals surface area contributed by atoms with Crippen molar-refractivity contribution in [2.75, 3.05) is 0 Å². The second-order valence-electron chi connectivity index (χ2n) is 11.1. The number of hydrogen-bond acceptors (Lipinski definition) is 0. The summed E-state index contributed by atoms with van der Waals surface area (Å²) in [5, 5.41) is 2.26. The molecule has 2 aliphatic rings. The van der Waals surface area contributed by atoms with Crippen molar-refractivity contribution < 1.29 is 4.39 Å². The summed E-state index contributed by atoms with van der Waals surface area (Å²) >= 11 is 0. The van der Waals surface area contributed by atoms with Gasteiger partial charge in [-0.3, -0.25) is 0 Å². The second kappa shape index (κ2) is 12.2. The molecule has 2 aromatic rings. The largest absolute Gasteiger partial charge is 0.207 e. The van der Waals surface area contributed by atoms with Crippen molar-refractivity contribution in [1.82, 2.24) is 0 Å². The molecule has 0 amide bonds. The molecule has 0 spiro atoms. The SMILES string of the molecule is C/C=C/CCc1cc2ccc([C@@H]3CC[C@@H]4CC(CCCCCCC)CCC4C3)cc2cc1F. The van der Waals surface area contributed by atoms with Gasteiger partial charge >= 0.3 is 0 Å². The smallest absolute Gasteiger partial charge is 0.127 e. The molecule has 180 valence electrons. The Labute approximate surface area is 202 Å². The highest BCUT2D eigenvalue weighted by atomic mass is 19.1. The highest BCUT2D eigenvalue weighted by Gasteiger charge is 2.35. The fourth-order valence-corrected chi connectivity index (χ4v) is 6.77. The van der Waals surface area contributed by atoms with E-state index in [2.05, 4.69) is 37.3 Å². The van der Waals surface area contributed by atoms with Gasteiger partial charge in [-0.1, -0.05) is 82.2 Å². The van der Waals surface area contributed by atoms with E-state index in [0.29, 0.717) is 5.92 Å². The molecule has 2 fully saturated rings. The van der Waals surface area contributed by atoms with E-state index in [0.717, 1.165) is 41.5 Å². The minimum atomic E-state index is -0.0409. The fraction of sp³-hybridized carbons (Fsp3) is 0.625. The Bertz CT molecular complexity index is 910. The van der Waals surface area contributed by atoms with Crippen LogP contribution in [0.2, 0.25) is 0 Å². The van der Waals surface area contributed by atoms with Crippen LogP contribution in [-0.4, -0.2) is 0 Å². The van der Waals surface area contributed by atoms with Crippen LogP contribution < -0.4 is 0 Å². The van der Waals surface area contributed by atoms with Crippen molar-refractivity contribution in [3.8, 4) is 0 Å². The van der Waals surface area contributed by atoms with Crippen molar-refractivity contribution in [3.63, 3.8) is 0 Å². The van der Waals surface area contributed by atoms with Gasteiger partial charge in [-0.15, -0.1) is 0 Å². The summed E-state index contributed by atoms with van der Waals surface area (Å²) in [7, 11) is 0. The number of hydrogen-bond donors (Lipinski definition) is 0. The van der Waals surface area contributed by atoms with E-state index in [1.165, 1.54) is 88.0 Å². The molecule has 2 unspecified atom stereocenters. The van der Waals surface area contributed by atoms with Gasteiger partial charge in [-0.05, 0) is 110 Å². The van der Waals surface area contributed by atoms with Crippen LogP contribution in [0, 0.1) is 23.6 Å². The van der Waals surface area contributed by atoms with Crippen LogP contribution in [0.25, 0.3) is 10.8 Å². The number of allylic oxidation sites excluding steroid dienone is 2. The zero-order valence-electron chi connectivity index (χ0n) is 21.1. The summed E-state index contributed by atoms with van der Waals surface area (Å²) in [4.78, 5) is 0. The minimum Gasteiger partial charge on any atom is -0.207 e. The van der Waals surface area contributed by atoms with Gasteiger partial charge in [-0.2, -0.15) is 0 Å². The van der Waals surface area contributed by atoms with E-state index < -0.39 is 0 Å². The molecule has 2 aromatic carbocycles. The Hall–Kier alpha value is -1.63. The maximum Gasteiger partial charge on any atom is 0.127 e. The first-order valence-electron chi connectivity index (χ1n) is 14.0. The summed E-state index contributed by atoms with van der Waals surface area (Å²) in [5.41, 5.74) is 2.29. The van der Waals surface area contributed by atoms with E-state index in [1.807, 2.05) is 13.0 Å². The van der Waals surface area contributed by atoms with E-state index in [4.69, 9.17) is 0 Å². The lowest BCUT2D eigenvalue weighted by atomic mass is 9.63. The van der Waals surface area contributed by atoms with Crippen molar-refractivity contribution in [2.45, 2.75) is 110 Å². The van der Waals surface area contributed by atoms with Gasteiger partial charge < -0.3 is 0 Å². The van der Waals surface area contributed by atoms with Crippen LogP contribution in [0.3, 0.4) is 0 Å². The Kier molecular flexibility index (Phi) is 9.04. The molecule has 4 rings (SSSR count). The fourth-order valence-electron chi connectivity index (χ4n) is 6.77. The molecule has 0 saturated heterocycles. The van der Waals surface area contributed by atoms with Crippen LogP contribution >= 0.6 is 0 Å². The summed E-state index contributed by atoms with van der Waals surface area (Å²) in [6.45, 7) is 4.32. The van der Waals surface area contributed by atoms with Crippen LogP contribution in [0.5, 0.6) is 0 Å². The van der Waals surface area contributed by atoms with Gasteiger partial charge in [0.1, 0.15) is 5.82 Å². The van der Waals surface area contributed by atoms with Crippen molar-refractivity contribution in [2.24, 2.45) is 17.8 Å². The van der Waals surface area contributed by atoms with E-state index in [9.17, 15) is 4.39 Å². The lowest BCUT2D eigenvalue weighted by Crippen LogP contribution is -2.30. The molecule has 0 radical (unpaired) electrons. The standard InChI is InChI=1S/C32H45F/c1-3-5-7-8-10-11-24-13-14-26-20-27(16-15-25(26)19-24)28-17-18-29-21-30(12-9-6-4-2)32(33)23-31(29)22-28/h4,6,17-18,21-27H,3,5,7-16,19-20H2,1-2H3/b6-4+/t24?,25-,26?,27-/m1/s1. The van der Waals surface area contributed by atoms with Crippen LogP contribution in [-0.2, 0) is 6.42 Å². The van der Waals surface area contributed by atoms with Crippen molar-refractivity contribution in [3.05, 3.63) is 59.4 Å². The molecule has 2 saturated carbocycles. The summed E-state index contributed by atoms with van der Waals surface area (Å²) in [6, 6.07) is 10.7. The minimum absolute atomic E-state index is 0.0409. The van der Waals surface area contributed by atoms with E-state index >= 15 is 0 Å². The van der Waals surface area contributed by atoms with Gasteiger partial charge in [0.05, 0.1) is 0 Å². The zero-order chi connectivity index (χ0) is 23.0. The highest BCUT2D eigenvalue weighted by Crippen LogP contribution is 2.48. The Morgan fingerprint density at radius 1 is 0.879 bits per heavy atom. The first-order chi connectivity index (χ1) is 16.2. The number of unbranched alkanes of at least 4 members (excludes halogenated alkanes) is 4. The molecule has 0 heterocycles. The Morgan fingerprint density at radius 2 is 1.70 bits per heavy atom. The third kappa shape index (κ3) is 6.49. The molecule has 0 nitrogen and oxygen atoms in total. The molecule has 0 N–H and O–H groups in total. The molecule has 33 heavy (non-hydrogen) atoms. The van der Waals surface area contributed by atoms with Gasteiger partial charge in [0.2, 0.25) is 0 Å². The monoisotopic (exact) mass is 448 g/mol. The molecular weight excluding hydrogens is 403 g/mol. The number of halogens is 1. The Balaban J connectivity index is 1.33. The van der Waals surface area contributed by atoms with Gasteiger partial charge in [0, 0.05) is 0 Å². The number of fused-ring (bicyclic) bond motifs is 2. The Morgan fingerprint density at radius 3 is 2.55 bits per heavy atom. The lowest BCUT2D eigenvalue weighted by molar-refractivity contribution is 0.113. The molecule has 1 heteroatoms. The van der Waals surface area contributed by atoms with Crippen molar-refractivity contribution >= 4 is 10.8 Å². The summed E-state index contributed by atoms with van der Waals surface area (Å²) in [5.74, 6) is 3.50. The van der Waals surface area contributed by atoms with E-state index in [1.54, 1.807) is 6.07 Å². The highest BCUT2D eigenvalue weighted by molar-refractivity contribution is 5.84. The van der Waals surface area contributed by atoms with Crippen LogP contribution in [0.1, 0.15) is 114 Å². The average molecular weight is 449 g/mol. The number of rotatable bonds is 10. The van der Waals surface area contributed by atoms with Crippen molar-refractivity contribution in [1.29, 1.82) is 0 Å². The predicted molar refractivity (Wildman–Crippen MR) is 141 cm³/mol. The summed E-state index contributed by atoms with van der Waals surface area (Å²) < 4.78 is 14.7. The van der Waals surface area contributed by atoms with Gasteiger partial charge in [0.15, 0.2) is 0 Å². The maximum absolute atomic E-state index is 14.7. The van der Waals surface area contributed by atoms with Gasteiger partial charge in [0.25, 0.3) is 0 Å². The third-order valence-electron chi connectivity index (χ3n) is 8.75. The normalized spacial score (nSPS) is 25.5. The average Bonchev–Trinajstić information content (AvgIpc) is 2.83. The molecule has 0 aromatic heterocycles. The zero-order valence-corrected chi connectivity index (χ0v) is 21.1. The second-order valence-corrected chi connectivity index (χ2v) is 11.1. The first kappa shape index (κ1) is 24.5. The quantitative estimate of drug-likeness (QED) is 0.250. The van der Waals surface area contributed by atoms with Crippen LogP contribution in [0.4, 0.5) is 4.39 Å². The molecule has 0 bridgehead atoms. The lowest BCUT2D eigenvalue weighted by Gasteiger charge is -2.42.